The van der Waals surface area contributed by atoms with Crippen LogP contribution in [0.15, 0.2) is 24.3 Å². The van der Waals surface area contributed by atoms with E-state index in [1.807, 2.05) is 31.2 Å². The Hall–Kier alpha value is -2.24. The Morgan fingerprint density at radius 1 is 1.38 bits per heavy atom. The van der Waals surface area contributed by atoms with Gasteiger partial charge in [0.25, 0.3) is 5.91 Å². The number of ether oxygens (including phenoxy) is 2. The molecule has 1 aliphatic rings. The molecule has 1 heterocycles. The van der Waals surface area contributed by atoms with Gasteiger partial charge in [0.05, 0.1) is 6.54 Å². The Labute approximate surface area is 124 Å². The lowest BCUT2D eigenvalue weighted by Gasteiger charge is -2.12. The number of aryl methyl sites for hydroxylation is 1. The molecule has 1 aromatic rings. The summed E-state index contributed by atoms with van der Waals surface area (Å²) in [5, 5.41) is 2.76. The van der Waals surface area contributed by atoms with Crippen LogP contribution in [0.3, 0.4) is 0 Å². The molecule has 2 amide bonds. The van der Waals surface area contributed by atoms with Gasteiger partial charge in [-0.3, -0.25) is 4.79 Å². The zero-order valence-corrected chi connectivity index (χ0v) is 12.1. The van der Waals surface area contributed by atoms with Crippen LogP contribution in [0.2, 0.25) is 0 Å². The first kappa shape index (κ1) is 15.2. The van der Waals surface area contributed by atoms with Crippen molar-refractivity contribution in [3.8, 4) is 5.75 Å². The van der Waals surface area contributed by atoms with Crippen LogP contribution < -0.4 is 10.1 Å². The number of rotatable bonds is 7. The number of cyclic esters (lactones) is 1. The molecule has 0 radical (unpaired) electrons. The van der Waals surface area contributed by atoms with E-state index in [4.69, 9.17) is 9.47 Å². The van der Waals surface area contributed by atoms with Crippen molar-refractivity contribution in [1.29, 1.82) is 0 Å². The molecule has 0 aliphatic carbocycles. The minimum Gasteiger partial charge on any atom is -0.484 e. The average molecular weight is 292 g/mol. The van der Waals surface area contributed by atoms with Crippen molar-refractivity contribution >= 4 is 12.0 Å². The van der Waals surface area contributed by atoms with Crippen LogP contribution in [0.5, 0.6) is 5.75 Å². The fraction of sp³-hybridized carbons (Fsp3) is 0.467. The number of nitrogens with one attached hydrogen (secondary N) is 1. The molecule has 114 valence electrons. The summed E-state index contributed by atoms with van der Waals surface area (Å²) in [6.45, 7) is 4.18. The molecule has 1 aliphatic heterocycles. The van der Waals surface area contributed by atoms with E-state index >= 15 is 0 Å². The molecule has 21 heavy (non-hydrogen) atoms. The summed E-state index contributed by atoms with van der Waals surface area (Å²) in [5.74, 6) is 0.509. The molecular formula is C15H20N2O4. The van der Waals surface area contributed by atoms with Gasteiger partial charge in [0.2, 0.25) is 0 Å². The van der Waals surface area contributed by atoms with E-state index < -0.39 is 0 Å². The van der Waals surface area contributed by atoms with Crippen LogP contribution in [-0.2, 0) is 9.53 Å². The molecule has 0 bridgehead atoms. The summed E-state index contributed by atoms with van der Waals surface area (Å²) in [7, 11) is 0. The number of benzene rings is 1. The maximum Gasteiger partial charge on any atom is 0.409 e. The Kier molecular flexibility index (Phi) is 5.43. The molecule has 6 heteroatoms. The lowest BCUT2D eigenvalue weighted by molar-refractivity contribution is -0.123. The maximum absolute atomic E-state index is 11.6. The largest absolute Gasteiger partial charge is 0.484 e. The third kappa shape index (κ3) is 4.98. The molecule has 1 aromatic carbocycles. The number of nitrogens with zero attached hydrogens (tertiary/aromatic N) is 1. The monoisotopic (exact) mass is 292 g/mol. The number of hydrogen-bond acceptors (Lipinski definition) is 4. The number of amides is 2. The van der Waals surface area contributed by atoms with Crippen molar-refractivity contribution in [1.82, 2.24) is 10.2 Å². The summed E-state index contributed by atoms with van der Waals surface area (Å²) in [5.41, 5.74) is 1.15. The lowest BCUT2D eigenvalue weighted by Crippen LogP contribution is -2.32. The van der Waals surface area contributed by atoms with Gasteiger partial charge in [0, 0.05) is 13.1 Å². The summed E-state index contributed by atoms with van der Waals surface area (Å²) >= 11 is 0. The first-order valence-corrected chi connectivity index (χ1v) is 7.03. The predicted octanol–water partition coefficient (Wildman–Crippen LogP) is 1.33. The van der Waals surface area contributed by atoms with Crippen LogP contribution in [0, 0.1) is 6.92 Å². The van der Waals surface area contributed by atoms with E-state index in [1.165, 1.54) is 0 Å². The first-order chi connectivity index (χ1) is 10.1. The highest BCUT2D eigenvalue weighted by atomic mass is 16.6. The van der Waals surface area contributed by atoms with Crippen molar-refractivity contribution < 1.29 is 19.1 Å². The average Bonchev–Trinajstić information content (AvgIpc) is 2.88. The zero-order chi connectivity index (χ0) is 15.1. The quantitative estimate of drug-likeness (QED) is 0.770. The second kappa shape index (κ2) is 7.52. The van der Waals surface area contributed by atoms with Gasteiger partial charge >= 0.3 is 6.09 Å². The SMILES string of the molecule is Cc1ccc(OCC(=O)NCCCN2CCOC2=O)cc1. The minimum absolute atomic E-state index is 0.00514. The first-order valence-electron chi connectivity index (χ1n) is 7.03. The van der Waals surface area contributed by atoms with Gasteiger partial charge in [-0.1, -0.05) is 17.7 Å². The van der Waals surface area contributed by atoms with E-state index in [2.05, 4.69) is 5.32 Å². The minimum atomic E-state index is -0.274. The van der Waals surface area contributed by atoms with Crippen molar-refractivity contribution in [2.45, 2.75) is 13.3 Å². The van der Waals surface area contributed by atoms with Crippen LogP contribution >= 0.6 is 0 Å². The van der Waals surface area contributed by atoms with Gasteiger partial charge in [0.15, 0.2) is 6.61 Å². The van der Waals surface area contributed by atoms with Crippen LogP contribution in [0.1, 0.15) is 12.0 Å². The van der Waals surface area contributed by atoms with Crippen LogP contribution in [0.4, 0.5) is 4.79 Å². The Balaban J connectivity index is 1.57. The summed E-state index contributed by atoms with van der Waals surface area (Å²) in [6, 6.07) is 7.54. The molecule has 1 N–H and O–H groups in total. The summed E-state index contributed by atoms with van der Waals surface area (Å²) < 4.78 is 10.2. The van der Waals surface area contributed by atoms with E-state index in [1.54, 1.807) is 4.90 Å². The van der Waals surface area contributed by atoms with Gasteiger partial charge in [-0.05, 0) is 25.5 Å². The molecule has 0 saturated carbocycles. The van der Waals surface area contributed by atoms with Crippen molar-refractivity contribution in [3.05, 3.63) is 29.8 Å². The summed E-state index contributed by atoms with van der Waals surface area (Å²) in [6.07, 6.45) is 0.426. The molecule has 0 unspecified atom stereocenters. The summed E-state index contributed by atoms with van der Waals surface area (Å²) in [4.78, 5) is 24.4. The van der Waals surface area contributed by atoms with Gasteiger partial charge in [-0.25, -0.2) is 4.79 Å². The standard InChI is InChI=1S/C15H20N2O4/c1-12-3-5-13(6-4-12)21-11-14(18)16-7-2-8-17-9-10-20-15(17)19/h3-6H,2,7-11H2,1H3,(H,16,18). The maximum atomic E-state index is 11.6. The fourth-order valence-corrected chi connectivity index (χ4v) is 1.96. The van der Waals surface area contributed by atoms with Crippen LogP contribution in [0.25, 0.3) is 0 Å². The lowest BCUT2D eigenvalue weighted by atomic mass is 10.2. The normalized spacial score (nSPS) is 14.0. The molecule has 0 aromatic heterocycles. The van der Waals surface area contributed by atoms with E-state index in [0.29, 0.717) is 38.4 Å². The third-order valence-corrected chi connectivity index (χ3v) is 3.16. The molecule has 6 nitrogen and oxygen atoms in total. The van der Waals surface area contributed by atoms with Gasteiger partial charge in [-0.2, -0.15) is 0 Å². The van der Waals surface area contributed by atoms with Gasteiger partial charge in [0.1, 0.15) is 12.4 Å². The van der Waals surface area contributed by atoms with Gasteiger partial charge in [-0.15, -0.1) is 0 Å². The molecule has 0 atom stereocenters. The number of hydrogen-bond donors (Lipinski definition) is 1. The Morgan fingerprint density at radius 3 is 2.81 bits per heavy atom. The molecule has 1 saturated heterocycles. The van der Waals surface area contributed by atoms with Gasteiger partial charge < -0.3 is 19.7 Å². The van der Waals surface area contributed by atoms with Crippen molar-refractivity contribution in [3.63, 3.8) is 0 Å². The molecular weight excluding hydrogens is 272 g/mol. The zero-order valence-electron chi connectivity index (χ0n) is 12.1. The number of carbonyl (C=O) groups is 2. The second-order valence-corrected chi connectivity index (χ2v) is 4.91. The second-order valence-electron chi connectivity index (χ2n) is 4.91. The molecule has 0 spiro atoms. The highest BCUT2D eigenvalue weighted by molar-refractivity contribution is 5.77. The predicted molar refractivity (Wildman–Crippen MR) is 77.2 cm³/mol. The van der Waals surface area contributed by atoms with E-state index in [0.717, 1.165) is 5.56 Å². The van der Waals surface area contributed by atoms with E-state index in [-0.39, 0.29) is 18.6 Å². The van der Waals surface area contributed by atoms with Crippen molar-refractivity contribution in [2.75, 3.05) is 32.8 Å². The third-order valence-electron chi connectivity index (χ3n) is 3.16. The Morgan fingerprint density at radius 2 is 2.14 bits per heavy atom. The Bertz CT molecular complexity index is 487. The topological polar surface area (TPSA) is 67.9 Å². The highest BCUT2D eigenvalue weighted by Gasteiger charge is 2.20. The smallest absolute Gasteiger partial charge is 0.409 e. The fourth-order valence-electron chi connectivity index (χ4n) is 1.96. The van der Waals surface area contributed by atoms with E-state index in [9.17, 15) is 9.59 Å². The highest BCUT2D eigenvalue weighted by Crippen LogP contribution is 2.10. The number of carbonyl (C=O) groups excluding carboxylic acids is 2. The van der Waals surface area contributed by atoms with Crippen molar-refractivity contribution in [2.24, 2.45) is 0 Å². The molecule has 2 rings (SSSR count). The van der Waals surface area contributed by atoms with Crippen LogP contribution in [-0.4, -0.2) is 49.7 Å². The molecule has 1 fully saturated rings.